The molecule has 0 atom stereocenters. The van der Waals surface area contributed by atoms with E-state index in [-0.39, 0.29) is 11.7 Å². The summed E-state index contributed by atoms with van der Waals surface area (Å²) in [6, 6.07) is 17.6. The lowest BCUT2D eigenvalue weighted by atomic mass is 10.1. The molecule has 5 nitrogen and oxygen atoms in total. The Balaban J connectivity index is 1.14. The molecular formula is C25H33FN4O. The number of amides is 1. The Hall–Kier alpha value is -2.28. The Morgan fingerprint density at radius 2 is 1.35 bits per heavy atom. The average Bonchev–Trinajstić information content (AvgIpc) is 2.81. The highest BCUT2D eigenvalue weighted by Crippen LogP contribution is 2.13. The van der Waals surface area contributed by atoms with Gasteiger partial charge in [-0.1, -0.05) is 48.5 Å². The molecule has 0 unspecified atom stereocenters. The van der Waals surface area contributed by atoms with Gasteiger partial charge in [0.05, 0.1) is 6.54 Å². The zero-order valence-electron chi connectivity index (χ0n) is 18.3. The third kappa shape index (κ3) is 6.35. The zero-order chi connectivity index (χ0) is 21.5. The highest BCUT2D eigenvalue weighted by Gasteiger charge is 2.25. The van der Waals surface area contributed by atoms with Crippen LogP contribution in [0.5, 0.6) is 0 Å². The Labute approximate surface area is 185 Å². The third-order valence-electron chi connectivity index (χ3n) is 6.46. The number of halogens is 1. The van der Waals surface area contributed by atoms with E-state index in [0.717, 1.165) is 70.9 Å². The number of piperazine rings is 2. The molecule has 6 heteroatoms. The van der Waals surface area contributed by atoms with Crippen molar-refractivity contribution >= 4 is 5.91 Å². The first kappa shape index (κ1) is 21.9. The molecule has 166 valence electrons. The maximum Gasteiger partial charge on any atom is 0.236 e. The normalized spacial score (nSPS) is 18.9. The highest BCUT2D eigenvalue weighted by molar-refractivity contribution is 5.78. The van der Waals surface area contributed by atoms with E-state index >= 15 is 0 Å². The molecule has 0 spiro atoms. The molecule has 2 aromatic carbocycles. The first-order valence-corrected chi connectivity index (χ1v) is 11.4. The lowest BCUT2D eigenvalue weighted by Crippen LogP contribution is -2.53. The molecule has 2 aliphatic rings. The number of rotatable bonds is 7. The summed E-state index contributed by atoms with van der Waals surface area (Å²) in [6.45, 7) is 9.21. The van der Waals surface area contributed by atoms with Crippen LogP contribution in [-0.2, 0) is 17.8 Å². The summed E-state index contributed by atoms with van der Waals surface area (Å²) in [5.74, 6) is 0.0761. The number of carbonyl (C=O) groups excluding carboxylic acids is 1. The van der Waals surface area contributed by atoms with E-state index in [1.807, 2.05) is 17.0 Å². The Bertz CT molecular complexity index is 830. The van der Waals surface area contributed by atoms with Crippen LogP contribution >= 0.6 is 0 Å². The second kappa shape index (κ2) is 10.8. The molecule has 2 fully saturated rings. The number of hydrogen-bond acceptors (Lipinski definition) is 4. The molecule has 4 rings (SSSR count). The van der Waals surface area contributed by atoms with Crippen molar-refractivity contribution in [3.8, 4) is 0 Å². The van der Waals surface area contributed by atoms with E-state index in [1.54, 1.807) is 6.07 Å². The summed E-state index contributed by atoms with van der Waals surface area (Å²) in [6.07, 6.45) is 1.08. The SMILES string of the molecule is O=C(CN1CCN(CCc2ccccc2)CC1)N1CCN(Cc2ccccc2F)CC1. The fourth-order valence-corrected chi connectivity index (χ4v) is 4.42. The van der Waals surface area contributed by atoms with Gasteiger partial charge < -0.3 is 9.80 Å². The van der Waals surface area contributed by atoms with Crippen molar-refractivity contribution in [1.82, 2.24) is 19.6 Å². The van der Waals surface area contributed by atoms with Crippen LogP contribution in [-0.4, -0.2) is 91.0 Å². The fourth-order valence-electron chi connectivity index (χ4n) is 4.42. The monoisotopic (exact) mass is 424 g/mol. The summed E-state index contributed by atoms with van der Waals surface area (Å²) in [4.78, 5) is 21.8. The summed E-state index contributed by atoms with van der Waals surface area (Å²) >= 11 is 0. The lowest BCUT2D eigenvalue weighted by Gasteiger charge is -2.38. The fraction of sp³-hybridized carbons (Fsp3) is 0.480. The maximum absolute atomic E-state index is 13.9. The van der Waals surface area contributed by atoms with Gasteiger partial charge in [-0.05, 0) is 18.1 Å². The molecule has 2 aromatic rings. The van der Waals surface area contributed by atoms with Crippen LogP contribution in [0.1, 0.15) is 11.1 Å². The molecule has 2 heterocycles. The summed E-state index contributed by atoms with van der Waals surface area (Å²) in [5, 5.41) is 0. The second-order valence-corrected chi connectivity index (χ2v) is 8.60. The van der Waals surface area contributed by atoms with Gasteiger partial charge in [-0.25, -0.2) is 4.39 Å². The van der Waals surface area contributed by atoms with Gasteiger partial charge in [-0.3, -0.25) is 14.6 Å². The number of benzene rings is 2. The van der Waals surface area contributed by atoms with E-state index in [9.17, 15) is 9.18 Å². The third-order valence-corrected chi connectivity index (χ3v) is 6.46. The van der Waals surface area contributed by atoms with E-state index in [1.165, 1.54) is 11.6 Å². The molecule has 0 N–H and O–H groups in total. The van der Waals surface area contributed by atoms with E-state index in [2.05, 4.69) is 45.0 Å². The number of nitrogens with zero attached hydrogens (tertiary/aromatic N) is 4. The Morgan fingerprint density at radius 3 is 2.06 bits per heavy atom. The lowest BCUT2D eigenvalue weighted by molar-refractivity contribution is -0.134. The van der Waals surface area contributed by atoms with Crippen LogP contribution in [0.3, 0.4) is 0 Å². The number of hydrogen-bond donors (Lipinski definition) is 0. The van der Waals surface area contributed by atoms with Gasteiger partial charge in [0.2, 0.25) is 5.91 Å². The second-order valence-electron chi connectivity index (χ2n) is 8.60. The highest BCUT2D eigenvalue weighted by atomic mass is 19.1. The zero-order valence-corrected chi connectivity index (χ0v) is 18.3. The van der Waals surface area contributed by atoms with Crippen LogP contribution in [0.2, 0.25) is 0 Å². The molecule has 2 saturated heterocycles. The molecule has 0 aromatic heterocycles. The van der Waals surface area contributed by atoms with Gasteiger partial charge in [-0.2, -0.15) is 0 Å². The quantitative estimate of drug-likeness (QED) is 0.683. The standard InChI is InChI=1S/C25H33FN4O/c26-24-9-5-4-8-23(24)20-28-16-18-30(19-17-28)25(31)21-29-14-12-27(13-15-29)11-10-22-6-2-1-3-7-22/h1-9H,10-21H2. The summed E-state index contributed by atoms with van der Waals surface area (Å²) in [7, 11) is 0. The van der Waals surface area contributed by atoms with Gasteiger partial charge in [0, 0.05) is 71.0 Å². The first-order valence-electron chi connectivity index (χ1n) is 11.4. The Kier molecular flexibility index (Phi) is 7.67. The van der Waals surface area contributed by atoms with Crippen LogP contribution in [0.25, 0.3) is 0 Å². The van der Waals surface area contributed by atoms with Crippen molar-refractivity contribution in [2.45, 2.75) is 13.0 Å². The van der Waals surface area contributed by atoms with Crippen molar-refractivity contribution < 1.29 is 9.18 Å². The van der Waals surface area contributed by atoms with Crippen LogP contribution in [0, 0.1) is 5.82 Å². The van der Waals surface area contributed by atoms with Gasteiger partial charge >= 0.3 is 0 Å². The molecule has 0 bridgehead atoms. The molecule has 2 aliphatic heterocycles. The van der Waals surface area contributed by atoms with E-state index < -0.39 is 0 Å². The van der Waals surface area contributed by atoms with Gasteiger partial charge in [-0.15, -0.1) is 0 Å². The van der Waals surface area contributed by atoms with Gasteiger partial charge in [0.15, 0.2) is 0 Å². The summed E-state index contributed by atoms with van der Waals surface area (Å²) < 4.78 is 13.9. The topological polar surface area (TPSA) is 30.0 Å². The minimum atomic E-state index is -0.149. The molecule has 0 aliphatic carbocycles. The Morgan fingerprint density at radius 1 is 0.742 bits per heavy atom. The van der Waals surface area contributed by atoms with Crippen LogP contribution < -0.4 is 0 Å². The van der Waals surface area contributed by atoms with Gasteiger partial charge in [0.25, 0.3) is 0 Å². The van der Waals surface area contributed by atoms with Crippen molar-refractivity contribution in [2.24, 2.45) is 0 Å². The predicted octanol–water partition coefficient (Wildman–Crippen LogP) is 2.33. The largest absolute Gasteiger partial charge is 0.339 e. The smallest absolute Gasteiger partial charge is 0.236 e. The molecular weight excluding hydrogens is 391 g/mol. The van der Waals surface area contributed by atoms with Crippen LogP contribution in [0.4, 0.5) is 4.39 Å². The minimum Gasteiger partial charge on any atom is -0.339 e. The van der Waals surface area contributed by atoms with Crippen molar-refractivity contribution in [3.63, 3.8) is 0 Å². The van der Waals surface area contributed by atoms with Crippen LogP contribution in [0.15, 0.2) is 54.6 Å². The average molecular weight is 425 g/mol. The van der Waals surface area contributed by atoms with Crippen molar-refractivity contribution in [1.29, 1.82) is 0 Å². The molecule has 0 saturated carbocycles. The van der Waals surface area contributed by atoms with Crippen molar-refractivity contribution in [2.75, 3.05) is 65.4 Å². The predicted molar refractivity (Wildman–Crippen MR) is 121 cm³/mol. The van der Waals surface area contributed by atoms with E-state index in [0.29, 0.717) is 13.1 Å². The summed E-state index contributed by atoms with van der Waals surface area (Å²) in [5.41, 5.74) is 2.11. The molecule has 31 heavy (non-hydrogen) atoms. The van der Waals surface area contributed by atoms with E-state index in [4.69, 9.17) is 0 Å². The minimum absolute atomic E-state index is 0.149. The molecule has 1 amide bonds. The molecule has 0 radical (unpaired) electrons. The first-order chi connectivity index (χ1) is 15.2. The maximum atomic E-state index is 13.9. The number of carbonyl (C=O) groups is 1. The van der Waals surface area contributed by atoms with Crippen molar-refractivity contribution in [3.05, 3.63) is 71.5 Å². The van der Waals surface area contributed by atoms with Gasteiger partial charge in [0.1, 0.15) is 5.82 Å².